The molecule has 0 aliphatic carbocycles. The second kappa shape index (κ2) is 7.98. The average molecular weight is 357 g/mol. The Labute approximate surface area is 150 Å². The fourth-order valence-electron chi connectivity index (χ4n) is 2.20. The Balaban J connectivity index is 1.45. The van der Waals surface area contributed by atoms with Crippen LogP contribution in [0.4, 0.5) is 0 Å². The first-order chi connectivity index (χ1) is 12.1. The molecule has 5 nitrogen and oxygen atoms in total. The first-order valence-corrected chi connectivity index (χ1v) is 8.87. The predicted octanol–water partition coefficient (Wildman–Crippen LogP) is 4.65. The Morgan fingerprint density at radius 3 is 2.72 bits per heavy atom. The molecule has 0 spiro atoms. The summed E-state index contributed by atoms with van der Waals surface area (Å²) in [6.45, 7) is 4.17. The van der Waals surface area contributed by atoms with Gasteiger partial charge in [0.2, 0.25) is 0 Å². The van der Waals surface area contributed by atoms with Crippen molar-refractivity contribution in [3.8, 4) is 16.4 Å². The van der Waals surface area contributed by atoms with E-state index in [0.717, 1.165) is 4.88 Å². The van der Waals surface area contributed by atoms with E-state index >= 15 is 0 Å². The number of ether oxygens (including phenoxy) is 2. The van der Waals surface area contributed by atoms with Crippen molar-refractivity contribution in [2.24, 2.45) is 0 Å². The highest BCUT2D eigenvalue weighted by Gasteiger charge is 2.10. The minimum absolute atomic E-state index is 0.0589. The fourth-order valence-corrected chi connectivity index (χ4v) is 2.88. The van der Waals surface area contributed by atoms with Gasteiger partial charge < -0.3 is 14.0 Å². The molecule has 0 aliphatic heterocycles. The van der Waals surface area contributed by atoms with Gasteiger partial charge >= 0.3 is 5.97 Å². The third-order valence-corrected chi connectivity index (χ3v) is 4.49. The molecule has 6 heteroatoms. The van der Waals surface area contributed by atoms with Gasteiger partial charge in [0.1, 0.15) is 18.1 Å². The van der Waals surface area contributed by atoms with Gasteiger partial charge in [0, 0.05) is 6.07 Å². The SMILES string of the molecule is CC(C)c1ccc(OCC(=O)OCc2cc(-c3cccs3)on2)cc1. The first kappa shape index (κ1) is 17.2. The van der Waals surface area contributed by atoms with Crippen LogP contribution in [0.1, 0.15) is 31.0 Å². The number of esters is 1. The van der Waals surface area contributed by atoms with Crippen LogP contribution in [0.3, 0.4) is 0 Å². The Morgan fingerprint density at radius 2 is 2.04 bits per heavy atom. The van der Waals surface area contributed by atoms with Gasteiger partial charge in [0.05, 0.1) is 4.88 Å². The van der Waals surface area contributed by atoms with E-state index < -0.39 is 5.97 Å². The van der Waals surface area contributed by atoms with Gasteiger partial charge in [0.15, 0.2) is 12.4 Å². The van der Waals surface area contributed by atoms with Crippen LogP contribution in [0.25, 0.3) is 10.6 Å². The lowest BCUT2D eigenvalue weighted by molar-refractivity contribution is -0.147. The number of carbonyl (C=O) groups is 1. The number of benzene rings is 1. The molecular formula is C19H19NO4S. The molecule has 1 aromatic carbocycles. The van der Waals surface area contributed by atoms with E-state index in [1.807, 2.05) is 41.8 Å². The summed E-state index contributed by atoms with van der Waals surface area (Å²) < 4.78 is 15.8. The van der Waals surface area contributed by atoms with Crippen molar-refractivity contribution in [3.63, 3.8) is 0 Å². The van der Waals surface area contributed by atoms with Crippen LogP contribution >= 0.6 is 11.3 Å². The molecule has 25 heavy (non-hydrogen) atoms. The maximum Gasteiger partial charge on any atom is 0.344 e. The molecule has 0 bridgehead atoms. The summed E-state index contributed by atoms with van der Waals surface area (Å²) >= 11 is 1.56. The van der Waals surface area contributed by atoms with Crippen LogP contribution in [0.5, 0.6) is 5.75 Å². The molecule has 0 amide bonds. The second-order valence-corrected chi connectivity index (χ2v) is 6.78. The molecular weight excluding hydrogens is 338 g/mol. The Hall–Kier alpha value is -2.60. The van der Waals surface area contributed by atoms with Gasteiger partial charge in [-0.3, -0.25) is 0 Å². The smallest absolute Gasteiger partial charge is 0.344 e. The lowest BCUT2D eigenvalue weighted by atomic mass is 10.0. The molecule has 2 aromatic heterocycles. The van der Waals surface area contributed by atoms with Crippen molar-refractivity contribution < 1.29 is 18.8 Å². The number of hydrogen-bond donors (Lipinski definition) is 0. The maximum absolute atomic E-state index is 11.8. The topological polar surface area (TPSA) is 61.6 Å². The zero-order chi connectivity index (χ0) is 17.6. The summed E-state index contributed by atoms with van der Waals surface area (Å²) in [5.74, 6) is 1.32. The highest BCUT2D eigenvalue weighted by atomic mass is 32.1. The third-order valence-electron chi connectivity index (χ3n) is 3.61. The van der Waals surface area contributed by atoms with Crippen molar-refractivity contribution in [2.45, 2.75) is 26.4 Å². The highest BCUT2D eigenvalue weighted by Crippen LogP contribution is 2.25. The van der Waals surface area contributed by atoms with Crippen molar-refractivity contribution >= 4 is 17.3 Å². The molecule has 0 radical (unpaired) electrons. The van der Waals surface area contributed by atoms with Crippen molar-refractivity contribution in [1.29, 1.82) is 0 Å². The summed E-state index contributed by atoms with van der Waals surface area (Å²) in [6.07, 6.45) is 0. The van der Waals surface area contributed by atoms with Crippen molar-refractivity contribution in [1.82, 2.24) is 5.16 Å². The number of nitrogens with zero attached hydrogens (tertiary/aromatic N) is 1. The van der Waals surface area contributed by atoms with E-state index in [2.05, 4.69) is 19.0 Å². The first-order valence-electron chi connectivity index (χ1n) is 7.99. The van der Waals surface area contributed by atoms with Crippen LogP contribution in [-0.4, -0.2) is 17.7 Å². The minimum atomic E-state index is -0.450. The molecule has 0 fully saturated rings. The van der Waals surface area contributed by atoms with Crippen LogP contribution in [0.2, 0.25) is 0 Å². The van der Waals surface area contributed by atoms with Gasteiger partial charge in [-0.1, -0.05) is 37.2 Å². The lowest BCUT2D eigenvalue weighted by Gasteiger charge is -2.08. The predicted molar refractivity (Wildman–Crippen MR) is 95.6 cm³/mol. The van der Waals surface area contributed by atoms with Crippen LogP contribution < -0.4 is 4.74 Å². The molecule has 0 atom stereocenters. The van der Waals surface area contributed by atoms with Gasteiger partial charge in [-0.25, -0.2) is 4.79 Å². The molecule has 130 valence electrons. The molecule has 0 aliphatic rings. The van der Waals surface area contributed by atoms with E-state index in [4.69, 9.17) is 14.0 Å². The van der Waals surface area contributed by atoms with E-state index in [9.17, 15) is 4.79 Å². The largest absolute Gasteiger partial charge is 0.482 e. The lowest BCUT2D eigenvalue weighted by Crippen LogP contribution is -2.14. The summed E-state index contributed by atoms with van der Waals surface area (Å²) in [5.41, 5.74) is 1.79. The van der Waals surface area contributed by atoms with Crippen LogP contribution in [0.15, 0.2) is 52.4 Å². The molecule has 3 rings (SSSR count). The van der Waals surface area contributed by atoms with Crippen LogP contribution in [-0.2, 0) is 16.1 Å². The molecule has 3 aromatic rings. The molecule has 2 heterocycles. The normalized spacial score (nSPS) is 10.8. The summed E-state index contributed by atoms with van der Waals surface area (Å²) in [5, 5.41) is 5.86. The number of rotatable bonds is 7. The van der Waals surface area contributed by atoms with Crippen molar-refractivity contribution in [3.05, 3.63) is 59.1 Å². The van der Waals surface area contributed by atoms with Gasteiger partial charge in [0.25, 0.3) is 0 Å². The van der Waals surface area contributed by atoms with Gasteiger partial charge in [-0.15, -0.1) is 11.3 Å². The zero-order valence-electron chi connectivity index (χ0n) is 14.1. The maximum atomic E-state index is 11.8. The molecule has 0 saturated carbocycles. The number of carbonyl (C=O) groups excluding carboxylic acids is 1. The van der Waals surface area contributed by atoms with E-state index in [-0.39, 0.29) is 13.2 Å². The molecule has 0 unspecified atom stereocenters. The minimum Gasteiger partial charge on any atom is -0.482 e. The third kappa shape index (κ3) is 4.70. The standard InChI is InChI=1S/C19H19NO4S/c1-13(2)14-5-7-16(8-6-14)22-12-19(21)23-11-15-10-17(24-20-15)18-4-3-9-25-18/h3-10,13H,11-12H2,1-2H3. The Kier molecular flexibility index (Phi) is 5.50. The molecule has 0 saturated heterocycles. The number of aromatic nitrogens is 1. The quantitative estimate of drug-likeness (QED) is 0.576. The summed E-state index contributed by atoms with van der Waals surface area (Å²) in [4.78, 5) is 12.8. The summed E-state index contributed by atoms with van der Waals surface area (Å²) in [7, 11) is 0. The van der Waals surface area contributed by atoms with E-state index in [1.54, 1.807) is 17.4 Å². The van der Waals surface area contributed by atoms with E-state index in [0.29, 0.717) is 23.1 Å². The molecule has 0 N–H and O–H groups in total. The fraction of sp³-hybridized carbons (Fsp3) is 0.263. The Bertz CT molecular complexity index is 806. The average Bonchev–Trinajstić information content (AvgIpc) is 3.29. The Morgan fingerprint density at radius 1 is 1.24 bits per heavy atom. The van der Waals surface area contributed by atoms with Crippen molar-refractivity contribution in [2.75, 3.05) is 6.61 Å². The summed E-state index contributed by atoms with van der Waals surface area (Å²) in [6, 6.07) is 13.3. The monoisotopic (exact) mass is 357 g/mol. The zero-order valence-corrected chi connectivity index (χ0v) is 14.9. The van der Waals surface area contributed by atoms with Gasteiger partial charge in [-0.2, -0.15) is 0 Å². The van der Waals surface area contributed by atoms with Crippen LogP contribution in [0, 0.1) is 0 Å². The highest BCUT2D eigenvalue weighted by molar-refractivity contribution is 7.13. The van der Waals surface area contributed by atoms with E-state index in [1.165, 1.54) is 5.56 Å². The number of hydrogen-bond acceptors (Lipinski definition) is 6. The number of thiophene rings is 1. The second-order valence-electron chi connectivity index (χ2n) is 5.83. The van der Waals surface area contributed by atoms with Gasteiger partial charge in [-0.05, 0) is 35.1 Å².